The molecule has 8 nitrogen and oxygen atoms in total. The van der Waals surface area contributed by atoms with Gasteiger partial charge < -0.3 is 24.1 Å². The molecule has 3 aromatic rings. The van der Waals surface area contributed by atoms with E-state index in [1.54, 1.807) is 25.4 Å². The summed E-state index contributed by atoms with van der Waals surface area (Å²) in [7, 11) is 1.62. The second kappa shape index (κ2) is 12.0. The molecule has 1 saturated heterocycles. The molecule has 35 heavy (non-hydrogen) atoms. The van der Waals surface area contributed by atoms with Crippen LogP contribution in [0.25, 0.3) is 0 Å². The fourth-order valence-electron chi connectivity index (χ4n) is 4.03. The largest absolute Gasteiger partial charge is 0.493 e. The van der Waals surface area contributed by atoms with Gasteiger partial charge in [0.15, 0.2) is 11.5 Å². The normalized spacial score (nSPS) is 18.7. The molecule has 188 valence electrons. The van der Waals surface area contributed by atoms with Crippen molar-refractivity contribution in [2.75, 3.05) is 46.6 Å². The molecule has 1 fully saturated rings. The molecule has 0 aliphatic carbocycles. The van der Waals surface area contributed by atoms with Crippen molar-refractivity contribution in [2.24, 2.45) is 0 Å². The van der Waals surface area contributed by atoms with Crippen LogP contribution in [-0.2, 0) is 17.8 Å². The van der Waals surface area contributed by atoms with E-state index in [-0.39, 0.29) is 19.0 Å². The van der Waals surface area contributed by atoms with Crippen LogP contribution in [0, 0.1) is 5.82 Å². The number of aryl methyl sites for hydroxylation is 1. The Morgan fingerprint density at radius 3 is 2.86 bits per heavy atom. The number of methoxy groups -OCH3 is 1. The molecule has 1 atom stereocenters. The van der Waals surface area contributed by atoms with Crippen LogP contribution < -0.4 is 14.2 Å². The monoisotopic (exact) mass is 485 g/mol. The van der Waals surface area contributed by atoms with Gasteiger partial charge in [0, 0.05) is 51.1 Å². The van der Waals surface area contributed by atoms with Crippen LogP contribution in [0.1, 0.15) is 12.0 Å². The van der Waals surface area contributed by atoms with E-state index < -0.39 is 5.60 Å². The Bertz CT molecular complexity index is 1060. The summed E-state index contributed by atoms with van der Waals surface area (Å²) in [5, 5.41) is 15.4. The van der Waals surface area contributed by atoms with Gasteiger partial charge in [-0.25, -0.2) is 4.39 Å². The topological polar surface area (TPSA) is 78.2 Å². The number of aromatic nitrogens is 2. The van der Waals surface area contributed by atoms with E-state index >= 15 is 0 Å². The van der Waals surface area contributed by atoms with Gasteiger partial charge >= 0.3 is 0 Å². The lowest BCUT2D eigenvalue weighted by Crippen LogP contribution is -2.48. The van der Waals surface area contributed by atoms with Crippen molar-refractivity contribution in [3.05, 3.63) is 72.3 Å². The van der Waals surface area contributed by atoms with Gasteiger partial charge in [-0.15, -0.1) is 0 Å². The third kappa shape index (κ3) is 7.42. The Labute approximate surface area is 204 Å². The van der Waals surface area contributed by atoms with E-state index in [0.717, 1.165) is 18.5 Å². The predicted molar refractivity (Wildman–Crippen MR) is 128 cm³/mol. The van der Waals surface area contributed by atoms with Crippen molar-refractivity contribution < 1.29 is 28.4 Å². The Morgan fingerprint density at radius 2 is 2.06 bits per heavy atom. The Morgan fingerprint density at radius 1 is 1.14 bits per heavy atom. The van der Waals surface area contributed by atoms with Crippen LogP contribution >= 0.6 is 0 Å². The Balaban J connectivity index is 1.35. The quantitative estimate of drug-likeness (QED) is 0.418. The van der Waals surface area contributed by atoms with E-state index in [9.17, 15) is 9.50 Å². The van der Waals surface area contributed by atoms with Gasteiger partial charge in [0.05, 0.1) is 26.9 Å². The van der Waals surface area contributed by atoms with Crippen LogP contribution in [0.2, 0.25) is 0 Å². The summed E-state index contributed by atoms with van der Waals surface area (Å²) in [4.78, 5) is 2.12. The van der Waals surface area contributed by atoms with E-state index in [2.05, 4.69) is 10.00 Å². The minimum Gasteiger partial charge on any atom is -0.493 e. The fraction of sp³-hybridized carbons (Fsp3) is 0.423. The lowest BCUT2D eigenvalue weighted by Gasteiger charge is -2.30. The van der Waals surface area contributed by atoms with Crippen molar-refractivity contribution in [1.29, 1.82) is 0 Å². The third-order valence-electron chi connectivity index (χ3n) is 5.73. The number of hydrogen-bond donors (Lipinski definition) is 1. The highest BCUT2D eigenvalue weighted by molar-refractivity contribution is 5.43. The van der Waals surface area contributed by atoms with Crippen LogP contribution in [0.3, 0.4) is 0 Å². The predicted octanol–water partition coefficient (Wildman–Crippen LogP) is 3.14. The van der Waals surface area contributed by atoms with Gasteiger partial charge in [0.1, 0.15) is 23.8 Å². The van der Waals surface area contributed by atoms with E-state index in [4.69, 9.17) is 18.9 Å². The molecule has 1 aromatic heterocycles. The molecule has 2 heterocycles. The minimum atomic E-state index is -1.22. The second-order valence-corrected chi connectivity index (χ2v) is 8.69. The van der Waals surface area contributed by atoms with Gasteiger partial charge in [0.2, 0.25) is 0 Å². The lowest BCUT2D eigenvalue weighted by atomic mass is 10.1. The highest BCUT2D eigenvalue weighted by Gasteiger charge is 2.33. The molecule has 0 bridgehead atoms. The first-order valence-electron chi connectivity index (χ1n) is 11.7. The number of aliphatic hydroxyl groups is 1. The first-order chi connectivity index (χ1) is 17.0. The smallest absolute Gasteiger partial charge is 0.161 e. The van der Waals surface area contributed by atoms with Crippen molar-refractivity contribution >= 4 is 0 Å². The molecular weight excluding hydrogens is 453 g/mol. The molecule has 2 aromatic carbocycles. The average Bonchev–Trinajstić information content (AvgIpc) is 3.30. The van der Waals surface area contributed by atoms with Gasteiger partial charge in [-0.1, -0.05) is 12.1 Å². The summed E-state index contributed by atoms with van der Waals surface area (Å²) in [5.74, 6) is 1.35. The van der Waals surface area contributed by atoms with Crippen molar-refractivity contribution in [1.82, 2.24) is 14.7 Å². The SMILES string of the molecule is COc1ccc(CN2CCOC[C@](O)(COc3cccc(F)c3)C2)cc1OCCCn1cccn1. The maximum Gasteiger partial charge on any atom is 0.161 e. The zero-order chi connectivity index (χ0) is 24.5. The number of halogens is 1. The van der Waals surface area contributed by atoms with Crippen molar-refractivity contribution in [3.63, 3.8) is 0 Å². The fourth-order valence-corrected chi connectivity index (χ4v) is 4.03. The van der Waals surface area contributed by atoms with Gasteiger partial charge in [-0.05, 0) is 35.9 Å². The molecule has 0 saturated carbocycles. The summed E-state index contributed by atoms with van der Waals surface area (Å²) < 4.78 is 38.1. The number of benzene rings is 2. The lowest BCUT2D eigenvalue weighted by molar-refractivity contribution is -0.0647. The van der Waals surface area contributed by atoms with E-state index in [1.807, 2.05) is 35.1 Å². The highest BCUT2D eigenvalue weighted by atomic mass is 19.1. The molecule has 0 spiro atoms. The molecule has 0 unspecified atom stereocenters. The van der Waals surface area contributed by atoms with Crippen molar-refractivity contribution in [2.45, 2.75) is 25.1 Å². The second-order valence-electron chi connectivity index (χ2n) is 8.69. The highest BCUT2D eigenvalue weighted by Crippen LogP contribution is 2.29. The third-order valence-corrected chi connectivity index (χ3v) is 5.73. The van der Waals surface area contributed by atoms with Crippen LogP contribution in [0.4, 0.5) is 4.39 Å². The maximum atomic E-state index is 13.4. The number of nitrogens with zero attached hydrogens (tertiary/aromatic N) is 3. The first kappa shape index (κ1) is 25.0. The van der Waals surface area contributed by atoms with Gasteiger partial charge in [-0.3, -0.25) is 9.58 Å². The molecule has 1 aliphatic rings. The van der Waals surface area contributed by atoms with Gasteiger partial charge in [0.25, 0.3) is 0 Å². The number of rotatable bonds is 11. The summed E-state index contributed by atoms with van der Waals surface area (Å²) in [6, 6.07) is 13.6. The minimum absolute atomic E-state index is 0.000178. The summed E-state index contributed by atoms with van der Waals surface area (Å²) >= 11 is 0. The maximum absolute atomic E-state index is 13.4. The average molecular weight is 486 g/mol. The Kier molecular flexibility index (Phi) is 8.57. The summed E-state index contributed by atoms with van der Waals surface area (Å²) in [5.41, 5.74) is -0.190. The molecule has 0 amide bonds. The Hall–Kier alpha value is -3.14. The number of β-amino-alcohol motifs (C(OH)–C–C–N with tert-alkyl or cyclic N) is 1. The van der Waals surface area contributed by atoms with Crippen LogP contribution in [0.5, 0.6) is 17.2 Å². The van der Waals surface area contributed by atoms with E-state index in [0.29, 0.717) is 50.1 Å². The molecule has 4 rings (SSSR count). The van der Waals surface area contributed by atoms with Crippen LogP contribution in [-0.4, -0.2) is 72.0 Å². The van der Waals surface area contributed by atoms with Gasteiger partial charge in [-0.2, -0.15) is 5.10 Å². The molecule has 1 aliphatic heterocycles. The first-order valence-corrected chi connectivity index (χ1v) is 11.7. The van der Waals surface area contributed by atoms with E-state index in [1.165, 1.54) is 12.1 Å². The number of ether oxygens (including phenoxy) is 4. The molecule has 1 N–H and O–H groups in total. The summed E-state index contributed by atoms with van der Waals surface area (Å²) in [6.07, 6.45) is 4.50. The van der Waals surface area contributed by atoms with Crippen molar-refractivity contribution in [3.8, 4) is 17.2 Å². The summed E-state index contributed by atoms with van der Waals surface area (Å²) in [6.45, 7) is 3.57. The van der Waals surface area contributed by atoms with Crippen LogP contribution in [0.15, 0.2) is 60.9 Å². The molecular formula is C26H32FN3O5. The number of hydrogen-bond acceptors (Lipinski definition) is 7. The zero-order valence-electron chi connectivity index (χ0n) is 19.9. The molecule has 9 heteroatoms. The standard InChI is InChI=1S/C26H32FN3O5/c1-32-24-8-7-21(15-25(24)34-13-4-11-30-10-3-9-28-30)17-29-12-14-33-19-26(31,18-29)20-35-23-6-2-5-22(27)16-23/h2-3,5-10,15-16,31H,4,11-14,17-20H2,1H3/t26-/m0/s1. The molecule has 0 radical (unpaired) electrons. The zero-order valence-corrected chi connectivity index (χ0v) is 19.9.